The predicted octanol–water partition coefficient (Wildman–Crippen LogP) is 5.52. The molecule has 29 heavy (non-hydrogen) atoms. The molecular weight excluding hydrogens is 368 g/mol. The highest BCUT2D eigenvalue weighted by atomic mass is 16.6. The van der Waals surface area contributed by atoms with Gasteiger partial charge in [0.15, 0.2) is 0 Å². The summed E-state index contributed by atoms with van der Waals surface area (Å²) in [5, 5.41) is 8.62. The third-order valence-corrected chi connectivity index (χ3v) is 5.19. The average Bonchev–Trinajstić information content (AvgIpc) is 2.74. The molecule has 0 spiro atoms. The summed E-state index contributed by atoms with van der Waals surface area (Å²) in [7, 11) is 1.69. The van der Waals surface area contributed by atoms with Crippen molar-refractivity contribution in [3.63, 3.8) is 0 Å². The van der Waals surface area contributed by atoms with E-state index in [0.717, 1.165) is 13.0 Å². The van der Waals surface area contributed by atoms with Gasteiger partial charge < -0.3 is 24.1 Å². The van der Waals surface area contributed by atoms with Crippen LogP contribution in [0.15, 0.2) is 0 Å². The molecule has 5 nitrogen and oxygen atoms in total. The van der Waals surface area contributed by atoms with Gasteiger partial charge in [-0.15, -0.1) is 0 Å². The summed E-state index contributed by atoms with van der Waals surface area (Å²) < 4.78 is 21.7. The molecule has 0 aliphatic rings. The molecule has 0 aromatic rings. The number of hydrogen-bond acceptors (Lipinski definition) is 5. The van der Waals surface area contributed by atoms with Gasteiger partial charge in [-0.2, -0.15) is 0 Å². The molecule has 0 amide bonds. The molecule has 0 saturated heterocycles. The van der Waals surface area contributed by atoms with E-state index in [0.29, 0.717) is 33.0 Å². The SMILES string of the molecule is CCCCCCCCCCCCCCCCOCC(COCCOCCO)OC. The summed E-state index contributed by atoms with van der Waals surface area (Å²) in [5.41, 5.74) is 0. The Morgan fingerprint density at radius 1 is 0.552 bits per heavy atom. The number of rotatable bonds is 25. The van der Waals surface area contributed by atoms with Crippen LogP contribution in [0.3, 0.4) is 0 Å². The van der Waals surface area contributed by atoms with Gasteiger partial charge in [0.2, 0.25) is 0 Å². The Morgan fingerprint density at radius 3 is 1.48 bits per heavy atom. The molecular formula is C24H50O5. The molecule has 0 aliphatic carbocycles. The Hall–Kier alpha value is -0.200. The van der Waals surface area contributed by atoms with Gasteiger partial charge in [0.25, 0.3) is 0 Å². The lowest BCUT2D eigenvalue weighted by molar-refractivity contribution is -0.0519. The van der Waals surface area contributed by atoms with Gasteiger partial charge in [-0.25, -0.2) is 0 Å². The zero-order chi connectivity index (χ0) is 21.3. The summed E-state index contributed by atoms with van der Waals surface area (Å²) in [6.45, 7) is 5.59. The van der Waals surface area contributed by atoms with Crippen molar-refractivity contribution < 1.29 is 24.1 Å². The van der Waals surface area contributed by atoms with E-state index in [2.05, 4.69) is 6.92 Å². The summed E-state index contributed by atoms with van der Waals surface area (Å²) >= 11 is 0. The van der Waals surface area contributed by atoms with Crippen molar-refractivity contribution in [2.45, 2.75) is 103 Å². The number of hydrogen-bond donors (Lipinski definition) is 1. The van der Waals surface area contributed by atoms with Gasteiger partial charge in [0.05, 0.1) is 39.6 Å². The average molecular weight is 419 g/mol. The molecule has 0 aromatic heterocycles. The molecule has 0 heterocycles. The third kappa shape index (κ3) is 23.9. The van der Waals surface area contributed by atoms with E-state index in [4.69, 9.17) is 24.1 Å². The number of methoxy groups -OCH3 is 1. The first-order valence-electron chi connectivity index (χ1n) is 12.2. The van der Waals surface area contributed by atoms with Crippen LogP contribution >= 0.6 is 0 Å². The van der Waals surface area contributed by atoms with Crippen molar-refractivity contribution in [2.24, 2.45) is 0 Å². The molecule has 0 radical (unpaired) electrons. The van der Waals surface area contributed by atoms with Crippen LogP contribution in [0.1, 0.15) is 96.8 Å². The van der Waals surface area contributed by atoms with E-state index in [-0.39, 0.29) is 12.7 Å². The topological polar surface area (TPSA) is 57.2 Å². The standard InChI is InChI=1S/C24H50O5/c1-3-4-5-6-7-8-9-10-11-12-13-14-15-16-18-28-22-24(26-2)23-29-21-20-27-19-17-25/h24-25H,3-23H2,1-2H3. The fourth-order valence-corrected chi connectivity index (χ4v) is 3.30. The molecule has 1 atom stereocenters. The minimum Gasteiger partial charge on any atom is -0.394 e. The van der Waals surface area contributed by atoms with E-state index >= 15 is 0 Å². The highest BCUT2D eigenvalue weighted by Gasteiger charge is 2.07. The van der Waals surface area contributed by atoms with Gasteiger partial charge in [-0.05, 0) is 6.42 Å². The molecule has 0 rings (SSSR count). The van der Waals surface area contributed by atoms with Crippen LogP contribution in [-0.2, 0) is 18.9 Å². The van der Waals surface area contributed by atoms with Crippen LogP contribution in [0.25, 0.3) is 0 Å². The Labute approximate surface area is 180 Å². The van der Waals surface area contributed by atoms with Crippen LogP contribution in [0.5, 0.6) is 0 Å². The van der Waals surface area contributed by atoms with E-state index in [1.54, 1.807) is 7.11 Å². The number of aliphatic hydroxyl groups is 1. The fourth-order valence-electron chi connectivity index (χ4n) is 3.30. The monoisotopic (exact) mass is 418 g/mol. The number of ether oxygens (including phenoxy) is 4. The summed E-state index contributed by atoms with van der Waals surface area (Å²) in [6, 6.07) is 0. The van der Waals surface area contributed by atoms with Crippen molar-refractivity contribution >= 4 is 0 Å². The lowest BCUT2D eigenvalue weighted by Gasteiger charge is -2.16. The first-order chi connectivity index (χ1) is 14.3. The summed E-state index contributed by atoms with van der Waals surface area (Å²) in [4.78, 5) is 0. The second-order valence-corrected chi connectivity index (χ2v) is 7.94. The lowest BCUT2D eigenvalue weighted by Crippen LogP contribution is -2.25. The normalized spacial score (nSPS) is 12.5. The largest absolute Gasteiger partial charge is 0.394 e. The fraction of sp³-hybridized carbons (Fsp3) is 1.00. The highest BCUT2D eigenvalue weighted by Crippen LogP contribution is 2.13. The summed E-state index contributed by atoms with van der Waals surface area (Å²) in [6.07, 6.45) is 19.2. The molecule has 0 bridgehead atoms. The van der Waals surface area contributed by atoms with Crippen LogP contribution in [0, 0.1) is 0 Å². The zero-order valence-corrected chi connectivity index (χ0v) is 19.5. The van der Waals surface area contributed by atoms with E-state index in [1.165, 1.54) is 83.5 Å². The van der Waals surface area contributed by atoms with Gasteiger partial charge in [-0.3, -0.25) is 0 Å². The third-order valence-electron chi connectivity index (χ3n) is 5.19. The second kappa shape index (κ2) is 25.8. The lowest BCUT2D eigenvalue weighted by atomic mass is 10.0. The Kier molecular flexibility index (Phi) is 25.7. The quantitative estimate of drug-likeness (QED) is 0.198. The van der Waals surface area contributed by atoms with Crippen molar-refractivity contribution in [1.82, 2.24) is 0 Å². The first kappa shape index (κ1) is 28.8. The molecule has 5 heteroatoms. The maximum atomic E-state index is 8.62. The minimum atomic E-state index is -0.0283. The van der Waals surface area contributed by atoms with Gasteiger partial charge in [0.1, 0.15) is 6.10 Å². The first-order valence-corrected chi connectivity index (χ1v) is 12.2. The molecule has 0 fully saturated rings. The van der Waals surface area contributed by atoms with Crippen LogP contribution < -0.4 is 0 Å². The van der Waals surface area contributed by atoms with Crippen LogP contribution in [0.2, 0.25) is 0 Å². The predicted molar refractivity (Wildman–Crippen MR) is 121 cm³/mol. The van der Waals surface area contributed by atoms with Crippen LogP contribution in [0.4, 0.5) is 0 Å². The summed E-state index contributed by atoms with van der Waals surface area (Å²) in [5.74, 6) is 0. The Balaban J connectivity index is 3.21. The van der Waals surface area contributed by atoms with E-state index in [1.807, 2.05) is 0 Å². The van der Waals surface area contributed by atoms with Crippen molar-refractivity contribution in [3.8, 4) is 0 Å². The Morgan fingerprint density at radius 2 is 1.00 bits per heavy atom. The molecule has 0 saturated carbocycles. The number of aliphatic hydroxyl groups excluding tert-OH is 1. The van der Waals surface area contributed by atoms with E-state index < -0.39 is 0 Å². The Bertz CT molecular complexity index is 288. The van der Waals surface area contributed by atoms with Crippen LogP contribution in [-0.4, -0.2) is 64.6 Å². The molecule has 176 valence electrons. The highest BCUT2D eigenvalue weighted by molar-refractivity contribution is 4.55. The van der Waals surface area contributed by atoms with Gasteiger partial charge in [-0.1, -0.05) is 90.4 Å². The maximum Gasteiger partial charge on any atom is 0.104 e. The van der Waals surface area contributed by atoms with Gasteiger partial charge >= 0.3 is 0 Å². The molecule has 1 N–H and O–H groups in total. The van der Waals surface area contributed by atoms with Crippen molar-refractivity contribution in [1.29, 1.82) is 0 Å². The van der Waals surface area contributed by atoms with Gasteiger partial charge in [0, 0.05) is 13.7 Å². The molecule has 0 aromatic carbocycles. The maximum absolute atomic E-state index is 8.62. The molecule has 1 unspecified atom stereocenters. The minimum absolute atomic E-state index is 0.0283. The van der Waals surface area contributed by atoms with Crippen molar-refractivity contribution in [3.05, 3.63) is 0 Å². The molecule has 0 aliphatic heterocycles. The second-order valence-electron chi connectivity index (χ2n) is 7.94. The van der Waals surface area contributed by atoms with Crippen molar-refractivity contribution in [2.75, 3.05) is 53.4 Å². The smallest absolute Gasteiger partial charge is 0.104 e. The van der Waals surface area contributed by atoms with E-state index in [9.17, 15) is 0 Å². The zero-order valence-electron chi connectivity index (χ0n) is 19.5. The number of unbranched alkanes of at least 4 members (excludes halogenated alkanes) is 13.